The van der Waals surface area contributed by atoms with Crippen molar-refractivity contribution in [3.05, 3.63) is 0 Å². The van der Waals surface area contributed by atoms with Crippen LogP contribution in [0.4, 0.5) is 0 Å². The highest BCUT2D eigenvalue weighted by Crippen LogP contribution is 2.38. The number of aliphatic carboxylic acids is 1. The van der Waals surface area contributed by atoms with Gasteiger partial charge in [0.15, 0.2) is 0 Å². The molecule has 3 nitrogen and oxygen atoms in total. The lowest BCUT2D eigenvalue weighted by Gasteiger charge is -2.28. The fraction of sp³-hybridized carbons (Fsp3) is 0.929. The van der Waals surface area contributed by atoms with E-state index >= 15 is 0 Å². The van der Waals surface area contributed by atoms with Gasteiger partial charge in [0.25, 0.3) is 0 Å². The molecule has 1 fully saturated rings. The van der Waals surface area contributed by atoms with E-state index in [1.54, 1.807) is 0 Å². The van der Waals surface area contributed by atoms with Gasteiger partial charge in [-0.15, -0.1) is 0 Å². The molecule has 0 spiro atoms. The zero-order valence-corrected chi connectivity index (χ0v) is 12.8. The van der Waals surface area contributed by atoms with E-state index in [-0.39, 0.29) is 6.04 Å². The molecule has 1 rings (SSSR count). The van der Waals surface area contributed by atoms with Crippen molar-refractivity contribution in [2.24, 2.45) is 5.92 Å². The molecular weight excluding hydrogens is 246 g/mol. The van der Waals surface area contributed by atoms with Gasteiger partial charge in [0, 0.05) is 11.3 Å². The number of hydrogen-bond acceptors (Lipinski definition) is 3. The predicted molar refractivity (Wildman–Crippen MR) is 78.2 cm³/mol. The second-order valence-electron chi connectivity index (χ2n) is 6.10. The third kappa shape index (κ3) is 4.47. The van der Waals surface area contributed by atoms with Crippen LogP contribution in [0.3, 0.4) is 0 Å². The number of hydrogen-bond donors (Lipinski definition) is 2. The molecule has 1 aliphatic rings. The summed E-state index contributed by atoms with van der Waals surface area (Å²) in [6, 6.07) is 0.223. The first-order chi connectivity index (χ1) is 8.35. The van der Waals surface area contributed by atoms with Gasteiger partial charge in [-0.25, -0.2) is 0 Å². The van der Waals surface area contributed by atoms with Gasteiger partial charge in [-0.1, -0.05) is 13.8 Å². The fourth-order valence-corrected chi connectivity index (χ4v) is 4.18. The summed E-state index contributed by atoms with van der Waals surface area (Å²) in [7, 11) is 0. The zero-order valence-electron chi connectivity index (χ0n) is 12.0. The first-order valence-corrected chi connectivity index (χ1v) is 8.03. The lowest BCUT2D eigenvalue weighted by Crippen LogP contribution is -2.53. The number of rotatable bonds is 7. The minimum Gasteiger partial charge on any atom is -0.480 e. The van der Waals surface area contributed by atoms with Crippen molar-refractivity contribution >= 4 is 17.7 Å². The van der Waals surface area contributed by atoms with E-state index in [4.69, 9.17) is 0 Å². The Morgan fingerprint density at radius 3 is 2.61 bits per heavy atom. The highest BCUT2D eigenvalue weighted by molar-refractivity contribution is 7.99. The van der Waals surface area contributed by atoms with Crippen LogP contribution in [0.5, 0.6) is 0 Å². The van der Waals surface area contributed by atoms with Gasteiger partial charge in [-0.2, -0.15) is 11.8 Å². The first kappa shape index (κ1) is 15.8. The summed E-state index contributed by atoms with van der Waals surface area (Å²) in [5.41, 5.74) is -0.677. The van der Waals surface area contributed by atoms with Crippen molar-refractivity contribution in [2.45, 2.75) is 70.2 Å². The van der Waals surface area contributed by atoms with Crippen molar-refractivity contribution in [2.75, 3.05) is 5.75 Å². The van der Waals surface area contributed by atoms with Crippen LogP contribution in [0.1, 0.15) is 53.4 Å². The molecule has 4 heteroatoms. The molecule has 0 amide bonds. The van der Waals surface area contributed by atoms with Crippen molar-refractivity contribution in [3.8, 4) is 0 Å². The van der Waals surface area contributed by atoms with Crippen molar-refractivity contribution in [1.82, 2.24) is 5.32 Å². The van der Waals surface area contributed by atoms with Gasteiger partial charge >= 0.3 is 5.97 Å². The number of carbonyl (C=O) groups is 1. The van der Waals surface area contributed by atoms with Crippen LogP contribution < -0.4 is 5.32 Å². The van der Waals surface area contributed by atoms with Crippen molar-refractivity contribution in [1.29, 1.82) is 0 Å². The van der Waals surface area contributed by atoms with E-state index in [9.17, 15) is 9.90 Å². The Kier molecular flexibility index (Phi) is 5.99. The molecule has 1 saturated carbocycles. The van der Waals surface area contributed by atoms with Gasteiger partial charge in [-0.3, -0.25) is 10.1 Å². The summed E-state index contributed by atoms with van der Waals surface area (Å²) < 4.78 is 0. The van der Waals surface area contributed by atoms with Gasteiger partial charge in [0.2, 0.25) is 0 Å². The van der Waals surface area contributed by atoms with Crippen LogP contribution >= 0.6 is 11.8 Å². The lowest BCUT2D eigenvalue weighted by molar-refractivity contribution is -0.145. The number of carboxylic acid groups (broad SMARTS) is 1. The van der Waals surface area contributed by atoms with E-state index in [1.165, 1.54) is 6.42 Å². The predicted octanol–water partition coefficient (Wildman–Crippen LogP) is 3.14. The molecule has 18 heavy (non-hydrogen) atoms. The fourth-order valence-electron chi connectivity index (χ4n) is 2.55. The maximum atomic E-state index is 11.5. The van der Waals surface area contributed by atoms with Crippen LogP contribution in [0.2, 0.25) is 0 Å². The molecule has 0 radical (unpaired) electrons. The number of carboxylic acids is 1. The van der Waals surface area contributed by atoms with Crippen molar-refractivity contribution < 1.29 is 9.90 Å². The maximum Gasteiger partial charge on any atom is 0.323 e. The minimum absolute atomic E-state index is 0.223. The second-order valence-corrected chi connectivity index (χ2v) is 7.51. The molecule has 1 aliphatic carbocycles. The van der Waals surface area contributed by atoms with Crippen LogP contribution in [-0.4, -0.2) is 33.7 Å². The molecule has 0 aromatic rings. The third-order valence-corrected chi connectivity index (χ3v) is 4.84. The van der Waals surface area contributed by atoms with E-state index in [0.29, 0.717) is 5.25 Å². The molecular formula is C14H27NO2S. The van der Waals surface area contributed by atoms with Gasteiger partial charge < -0.3 is 5.11 Å². The Labute approximate surface area is 115 Å². The number of thioether (sulfide) groups is 1. The lowest BCUT2D eigenvalue weighted by atomic mass is 9.97. The zero-order chi connectivity index (χ0) is 13.8. The maximum absolute atomic E-state index is 11.5. The van der Waals surface area contributed by atoms with Crippen LogP contribution in [0.15, 0.2) is 0 Å². The standard InChI is InChI=1S/C14H27NO2S/c1-10(2)6-8-18-12-5-7-14(9-12,13(16)17)15-11(3)4/h10-12,15H,5-9H2,1-4H3,(H,16,17). The Morgan fingerprint density at radius 2 is 2.11 bits per heavy atom. The molecule has 106 valence electrons. The molecule has 0 heterocycles. The third-order valence-electron chi connectivity index (χ3n) is 3.49. The van der Waals surface area contributed by atoms with Crippen LogP contribution in [0.25, 0.3) is 0 Å². The second kappa shape index (κ2) is 6.80. The topological polar surface area (TPSA) is 49.3 Å². The van der Waals surface area contributed by atoms with Gasteiger partial charge in [0.05, 0.1) is 0 Å². The summed E-state index contributed by atoms with van der Waals surface area (Å²) in [5.74, 6) is 1.21. The average Bonchev–Trinajstić information content (AvgIpc) is 2.61. The molecule has 2 unspecified atom stereocenters. The molecule has 0 aliphatic heterocycles. The molecule has 0 bridgehead atoms. The first-order valence-electron chi connectivity index (χ1n) is 6.98. The smallest absolute Gasteiger partial charge is 0.323 e. The Balaban J connectivity index is 2.47. The van der Waals surface area contributed by atoms with Crippen molar-refractivity contribution in [3.63, 3.8) is 0 Å². The molecule has 0 aromatic carbocycles. The minimum atomic E-state index is -0.678. The quantitative estimate of drug-likeness (QED) is 0.748. The summed E-state index contributed by atoms with van der Waals surface area (Å²) in [4.78, 5) is 11.5. The normalized spacial score (nSPS) is 28.2. The van der Waals surface area contributed by atoms with E-state index in [1.807, 2.05) is 25.6 Å². The van der Waals surface area contributed by atoms with E-state index < -0.39 is 11.5 Å². The molecule has 2 atom stereocenters. The summed E-state index contributed by atoms with van der Waals surface area (Å²) >= 11 is 1.96. The number of nitrogens with one attached hydrogen (secondary N) is 1. The summed E-state index contributed by atoms with van der Waals surface area (Å²) in [5, 5.41) is 13.2. The largest absolute Gasteiger partial charge is 0.480 e. The highest BCUT2D eigenvalue weighted by Gasteiger charge is 2.45. The average molecular weight is 273 g/mol. The van der Waals surface area contributed by atoms with Gasteiger partial charge in [0.1, 0.15) is 5.54 Å². The van der Waals surface area contributed by atoms with E-state index in [0.717, 1.165) is 30.9 Å². The highest BCUT2D eigenvalue weighted by atomic mass is 32.2. The monoisotopic (exact) mass is 273 g/mol. The summed E-state index contributed by atoms with van der Waals surface area (Å²) in [6.45, 7) is 8.50. The SMILES string of the molecule is CC(C)CCSC1CCC(NC(C)C)(C(=O)O)C1. The molecule has 2 N–H and O–H groups in total. The van der Waals surface area contributed by atoms with Crippen LogP contribution in [-0.2, 0) is 4.79 Å². The molecule has 0 saturated heterocycles. The molecule has 0 aromatic heterocycles. The van der Waals surface area contributed by atoms with E-state index in [2.05, 4.69) is 19.2 Å². The van der Waals surface area contributed by atoms with Gasteiger partial charge in [-0.05, 0) is 51.2 Å². The van der Waals surface area contributed by atoms with Crippen LogP contribution in [0, 0.1) is 5.92 Å². The Bertz CT molecular complexity index is 281. The summed E-state index contributed by atoms with van der Waals surface area (Å²) in [6.07, 6.45) is 3.77. The Hall–Kier alpha value is -0.220. The Morgan fingerprint density at radius 1 is 1.44 bits per heavy atom.